The molecule has 0 spiro atoms. The van der Waals surface area contributed by atoms with Crippen LogP contribution in [0.25, 0.3) is 22.5 Å². The Morgan fingerprint density at radius 1 is 1.03 bits per heavy atom. The molecule has 0 unspecified atom stereocenters. The molecule has 0 aliphatic heterocycles. The maximum atomic E-state index is 12.5. The van der Waals surface area contributed by atoms with Crippen molar-refractivity contribution in [2.45, 2.75) is 39.7 Å². The van der Waals surface area contributed by atoms with Gasteiger partial charge in [0.2, 0.25) is 11.0 Å². The molecule has 0 radical (unpaired) electrons. The summed E-state index contributed by atoms with van der Waals surface area (Å²) in [6.07, 6.45) is 2.18. The Labute approximate surface area is 184 Å². The number of anilines is 1. The Morgan fingerprint density at radius 3 is 2.52 bits per heavy atom. The first-order chi connectivity index (χ1) is 15.2. The van der Waals surface area contributed by atoms with E-state index in [1.807, 2.05) is 31.2 Å². The van der Waals surface area contributed by atoms with Gasteiger partial charge in [-0.2, -0.15) is 4.68 Å². The molecule has 2 aromatic heterocycles. The van der Waals surface area contributed by atoms with E-state index in [-0.39, 0.29) is 5.91 Å². The molecule has 9 heteroatoms. The highest BCUT2D eigenvalue weighted by Gasteiger charge is 2.18. The predicted molar refractivity (Wildman–Crippen MR) is 121 cm³/mol. The summed E-state index contributed by atoms with van der Waals surface area (Å²) in [6, 6.07) is 16.1. The number of benzene rings is 2. The van der Waals surface area contributed by atoms with Crippen LogP contribution in [0.5, 0.6) is 0 Å². The van der Waals surface area contributed by atoms with Gasteiger partial charge in [-0.05, 0) is 40.5 Å². The lowest BCUT2D eigenvalue weighted by atomic mass is 9.98. The number of aryl methyl sites for hydroxylation is 1. The van der Waals surface area contributed by atoms with Crippen molar-refractivity contribution in [1.29, 1.82) is 0 Å². The number of nitrogens with zero attached hydrogens (tertiary/aromatic N) is 6. The molecule has 4 aromatic rings. The van der Waals surface area contributed by atoms with Gasteiger partial charge in [0.25, 0.3) is 0 Å². The molecule has 0 amide bonds. The van der Waals surface area contributed by atoms with Crippen LogP contribution < -0.4 is 5.32 Å². The van der Waals surface area contributed by atoms with Gasteiger partial charge >= 0.3 is 0 Å². The Morgan fingerprint density at radius 2 is 1.81 bits per heavy atom. The average molecular weight is 434 g/mol. The molecule has 31 heavy (non-hydrogen) atoms. The third-order valence-corrected chi connectivity index (χ3v) is 5.65. The first-order valence-electron chi connectivity index (χ1n) is 10.2. The largest absolute Gasteiger partial charge is 0.356 e. The van der Waals surface area contributed by atoms with E-state index < -0.39 is 0 Å². The molecular weight excluding hydrogens is 410 g/mol. The Hall–Kier alpha value is -3.46. The van der Waals surface area contributed by atoms with Crippen LogP contribution >= 0.6 is 11.3 Å². The maximum absolute atomic E-state index is 12.5. The van der Waals surface area contributed by atoms with Crippen LogP contribution in [0.15, 0.2) is 48.5 Å². The molecule has 1 N–H and O–H groups in total. The summed E-state index contributed by atoms with van der Waals surface area (Å²) in [5.41, 5.74) is 3.96. The molecule has 0 bridgehead atoms. The topological polar surface area (TPSA) is 98.5 Å². The summed E-state index contributed by atoms with van der Waals surface area (Å²) < 4.78 is 1.32. The summed E-state index contributed by atoms with van der Waals surface area (Å²) in [4.78, 5) is 12.5. The van der Waals surface area contributed by atoms with Crippen LogP contribution in [-0.4, -0.2) is 36.3 Å². The number of nitrogens with one attached hydrogen (secondary N) is 1. The van der Waals surface area contributed by atoms with Crippen LogP contribution in [0.4, 0.5) is 5.13 Å². The van der Waals surface area contributed by atoms with Gasteiger partial charge in [0.05, 0.1) is 0 Å². The molecule has 0 saturated carbocycles. The monoisotopic (exact) mass is 433 g/mol. The van der Waals surface area contributed by atoms with E-state index in [1.54, 1.807) is 0 Å². The molecule has 0 saturated heterocycles. The standard InChI is InChI=1S/C22H23N7OS/c1-3-4-9-20(30)29-21(25-27-28-29)19-8-6-5-7-18(19)17-12-10-16(11-13-17)14-23-22-26-24-15(2)31-22/h5-8,10-13H,3-4,9,14H2,1-2H3,(H,23,26). The first-order valence-corrected chi connectivity index (χ1v) is 11.0. The highest BCUT2D eigenvalue weighted by molar-refractivity contribution is 7.15. The number of hydrogen-bond donors (Lipinski definition) is 1. The molecule has 0 aliphatic rings. The van der Waals surface area contributed by atoms with Gasteiger partial charge in [-0.15, -0.1) is 15.3 Å². The maximum Gasteiger partial charge on any atom is 0.250 e. The third kappa shape index (κ3) is 4.83. The van der Waals surface area contributed by atoms with Crippen molar-refractivity contribution in [3.63, 3.8) is 0 Å². The van der Waals surface area contributed by atoms with Crippen LogP contribution in [0.1, 0.15) is 41.6 Å². The van der Waals surface area contributed by atoms with Crippen molar-refractivity contribution in [1.82, 2.24) is 30.4 Å². The van der Waals surface area contributed by atoms with Crippen LogP contribution in [0, 0.1) is 6.92 Å². The van der Waals surface area contributed by atoms with Crippen molar-refractivity contribution in [3.8, 4) is 22.5 Å². The van der Waals surface area contributed by atoms with Gasteiger partial charge < -0.3 is 5.32 Å². The van der Waals surface area contributed by atoms with Gasteiger partial charge in [-0.25, -0.2) is 0 Å². The van der Waals surface area contributed by atoms with E-state index in [0.29, 0.717) is 18.8 Å². The number of rotatable bonds is 8. The first kappa shape index (κ1) is 20.8. The van der Waals surface area contributed by atoms with Crippen molar-refractivity contribution >= 4 is 22.4 Å². The van der Waals surface area contributed by atoms with E-state index >= 15 is 0 Å². The lowest BCUT2D eigenvalue weighted by molar-refractivity contribution is 0.0883. The second kappa shape index (κ2) is 9.57. The quantitative estimate of drug-likeness (QED) is 0.405. The summed E-state index contributed by atoms with van der Waals surface area (Å²) >= 11 is 1.53. The zero-order chi connectivity index (χ0) is 21.6. The second-order valence-corrected chi connectivity index (χ2v) is 8.32. The second-order valence-electron chi connectivity index (χ2n) is 7.13. The van der Waals surface area contributed by atoms with E-state index in [1.165, 1.54) is 16.0 Å². The summed E-state index contributed by atoms with van der Waals surface area (Å²) in [6.45, 7) is 4.65. The Balaban J connectivity index is 1.57. The number of tetrazole rings is 1. The number of carbonyl (C=O) groups is 1. The Kier molecular flexibility index (Phi) is 6.42. The van der Waals surface area contributed by atoms with Crippen molar-refractivity contribution in [2.75, 3.05) is 5.32 Å². The van der Waals surface area contributed by atoms with Crippen LogP contribution in [0.3, 0.4) is 0 Å². The fourth-order valence-corrected chi connectivity index (χ4v) is 3.82. The fourth-order valence-electron chi connectivity index (χ4n) is 3.23. The number of carbonyl (C=O) groups excluding carboxylic acids is 1. The van der Waals surface area contributed by atoms with E-state index in [9.17, 15) is 4.79 Å². The van der Waals surface area contributed by atoms with Crippen LogP contribution in [0.2, 0.25) is 0 Å². The summed E-state index contributed by atoms with van der Waals surface area (Å²) in [5, 5.41) is 25.0. The van der Waals surface area contributed by atoms with Crippen molar-refractivity contribution in [2.24, 2.45) is 0 Å². The molecule has 8 nitrogen and oxygen atoms in total. The van der Waals surface area contributed by atoms with E-state index in [4.69, 9.17) is 0 Å². The smallest absolute Gasteiger partial charge is 0.250 e. The molecule has 4 rings (SSSR count). The molecule has 0 atom stereocenters. The molecule has 0 aliphatic carbocycles. The SMILES string of the molecule is CCCCC(=O)n1nnnc1-c1ccccc1-c1ccc(CNc2nnc(C)s2)cc1. The number of aromatic nitrogens is 6. The molecule has 2 aromatic carbocycles. The third-order valence-electron chi connectivity index (χ3n) is 4.85. The number of hydrogen-bond acceptors (Lipinski definition) is 8. The van der Waals surface area contributed by atoms with Crippen molar-refractivity contribution in [3.05, 3.63) is 59.1 Å². The molecule has 2 heterocycles. The zero-order valence-corrected chi connectivity index (χ0v) is 18.3. The van der Waals surface area contributed by atoms with Gasteiger partial charge in [0.1, 0.15) is 5.01 Å². The van der Waals surface area contributed by atoms with E-state index in [0.717, 1.165) is 45.2 Å². The summed E-state index contributed by atoms with van der Waals surface area (Å²) in [7, 11) is 0. The van der Waals surface area contributed by atoms with Gasteiger partial charge in [0.15, 0.2) is 5.82 Å². The van der Waals surface area contributed by atoms with E-state index in [2.05, 4.69) is 62.2 Å². The normalized spacial score (nSPS) is 10.9. The molecule has 158 valence electrons. The lowest BCUT2D eigenvalue weighted by Crippen LogP contribution is -2.14. The van der Waals surface area contributed by atoms with Crippen LogP contribution in [-0.2, 0) is 6.54 Å². The Bertz CT molecular complexity index is 1170. The molecule has 0 fully saturated rings. The van der Waals surface area contributed by atoms with Gasteiger partial charge in [-0.3, -0.25) is 4.79 Å². The molecular formula is C22H23N7OS. The zero-order valence-electron chi connectivity index (χ0n) is 17.4. The minimum absolute atomic E-state index is 0.0926. The minimum Gasteiger partial charge on any atom is -0.356 e. The fraction of sp³-hybridized carbons (Fsp3) is 0.273. The van der Waals surface area contributed by atoms with Gasteiger partial charge in [-0.1, -0.05) is 73.2 Å². The highest BCUT2D eigenvalue weighted by atomic mass is 32.1. The highest BCUT2D eigenvalue weighted by Crippen LogP contribution is 2.31. The number of unbranched alkanes of at least 4 members (excludes halogenated alkanes) is 1. The van der Waals surface area contributed by atoms with Gasteiger partial charge in [0, 0.05) is 18.5 Å². The predicted octanol–water partition coefficient (Wildman–Crippen LogP) is 4.61. The average Bonchev–Trinajstić information content (AvgIpc) is 3.45. The summed E-state index contributed by atoms with van der Waals surface area (Å²) in [5.74, 6) is 0.374. The van der Waals surface area contributed by atoms with Crippen molar-refractivity contribution < 1.29 is 4.79 Å². The lowest BCUT2D eigenvalue weighted by Gasteiger charge is -2.10. The minimum atomic E-state index is -0.0926.